The molecule has 7 nitrogen and oxygen atoms in total. The first kappa shape index (κ1) is 19.0. The van der Waals surface area contributed by atoms with Gasteiger partial charge in [0.1, 0.15) is 12.2 Å². The summed E-state index contributed by atoms with van der Waals surface area (Å²) >= 11 is 1.44. The highest BCUT2D eigenvalue weighted by molar-refractivity contribution is 7.09. The van der Waals surface area contributed by atoms with Crippen molar-refractivity contribution >= 4 is 23.2 Å². The molecule has 2 fully saturated rings. The van der Waals surface area contributed by atoms with Gasteiger partial charge in [0.25, 0.3) is 5.91 Å². The monoisotopic (exact) mass is 400 g/mol. The highest BCUT2D eigenvalue weighted by Gasteiger charge is 2.33. The van der Waals surface area contributed by atoms with Crippen LogP contribution in [0, 0.1) is 12.8 Å². The molecule has 0 radical (unpaired) electrons. The zero-order valence-corrected chi connectivity index (χ0v) is 16.7. The van der Waals surface area contributed by atoms with Crippen LogP contribution in [0.25, 0.3) is 0 Å². The molecule has 1 atom stereocenters. The molecule has 0 N–H and O–H groups in total. The molecule has 0 bridgehead atoms. The molecule has 1 saturated heterocycles. The van der Waals surface area contributed by atoms with Crippen molar-refractivity contribution in [2.45, 2.75) is 32.4 Å². The van der Waals surface area contributed by atoms with Crippen molar-refractivity contribution in [3.63, 3.8) is 0 Å². The van der Waals surface area contributed by atoms with Gasteiger partial charge in [0.15, 0.2) is 0 Å². The van der Waals surface area contributed by atoms with Crippen LogP contribution in [0.5, 0.6) is 0 Å². The molecule has 1 saturated carbocycles. The zero-order valence-electron chi connectivity index (χ0n) is 15.9. The largest absolute Gasteiger partial charge is 0.374 e. The molecule has 0 aromatic carbocycles. The van der Waals surface area contributed by atoms with E-state index in [1.165, 1.54) is 24.2 Å². The van der Waals surface area contributed by atoms with Crippen molar-refractivity contribution in [3.8, 4) is 0 Å². The number of thiazole rings is 1. The molecule has 2 aliphatic rings. The van der Waals surface area contributed by atoms with Gasteiger partial charge in [-0.15, -0.1) is 11.3 Å². The summed E-state index contributed by atoms with van der Waals surface area (Å²) in [5.74, 6) is 0.332. The molecule has 148 valence electrons. The molecule has 8 heteroatoms. The molecule has 28 heavy (non-hydrogen) atoms. The predicted octanol–water partition coefficient (Wildman–Crippen LogP) is 2.13. The maximum atomic E-state index is 12.9. The molecule has 2 amide bonds. The van der Waals surface area contributed by atoms with Crippen molar-refractivity contribution in [1.82, 2.24) is 19.8 Å². The van der Waals surface area contributed by atoms with Gasteiger partial charge in [0, 0.05) is 44.0 Å². The topological polar surface area (TPSA) is 75.6 Å². The van der Waals surface area contributed by atoms with Gasteiger partial charge < -0.3 is 14.5 Å². The van der Waals surface area contributed by atoms with Gasteiger partial charge in [-0.2, -0.15) is 0 Å². The van der Waals surface area contributed by atoms with Gasteiger partial charge in [0.2, 0.25) is 5.91 Å². The highest BCUT2D eigenvalue weighted by Crippen LogP contribution is 2.29. The van der Waals surface area contributed by atoms with E-state index in [9.17, 15) is 9.59 Å². The third kappa shape index (κ3) is 4.74. The second kappa shape index (κ2) is 8.36. The molecular formula is C20H24N4O3S. The number of pyridine rings is 1. The third-order valence-corrected chi connectivity index (χ3v) is 5.79. The summed E-state index contributed by atoms with van der Waals surface area (Å²) in [6.07, 6.45) is 5.68. The Bertz CT molecular complexity index is 837. The molecule has 0 spiro atoms. The van der Waals surface area contributed by atoms with E-state index in [-0.39, 0.29) is 24.5 Å². The van der Waals surface area contributed by atoms with Gasteiger partial charge in [0.05, 0.1) is 11.1 Å². The number of aryl methyl sites for hydroxylation is 1. The van der Waals surface area contributed by atoms with Crippen LogP contribution in [0.1, 0.15) is 33.9 Å². The van der Waals surface area contributed by atoms with Crippen molar-refractivity contribution in [2.75, 3.05) is 26.2 Å². The summed E-state index contributed by atoms with van der Waals surface area (Å²) in [6.45, 7) is 3.94. The lowest BCUT2D eigenvalue weighted by Gasteiger charge is -2.24. The molecule has 0 unspecified atom stereocenters. The number of rotatable bonds is 6. The van der Waals surface area contributed by atoms with E-state index in [1.54, 1.807) is 27.6 Å². The number of aromatic nitrogens is 2. The Balaban J connectivity index is 1.50. The molecule has 2 aromatic rings. The minimum absolute atomic E-state index is 0.0406. The van der Waals surface area contributed by atoms with Crippen LogP contribution in [0.3, 0.4) is 0 Å². The van der Waals surface area contributed by atoms with Crippen molar-refractivity contribution in [1.29, 1.82) is 0 Å². The third-order valence-electron chi connectivity index (χ3n) is 5.01. The fourth-order valence-corrected chi connectivity index (χ4v) is 3.87. The van der Waals surface area contributed by atoms with Crippen LogP contribution in [0.2, 0.25) is 0 Å². The van der Waals surface area contributed by atoms with Crippen LogP contribution in [0.15, 0.2) is 29.9 Å². The quantitative estimate of drug-likeness (QED) is 0.743. The van der Waals surface area contributed by atoms with Crippen LogP contribution in [0.4, 0.5) is 0 Å². The number of hydrogen-bond donors (Lipinski definition) is 0. The fourth-order valence-electron chi connectivity index (χ4n) is 3.28. The number of carbonyl (C=O) groups is 2. The highest BCUT2D eigenvalue weighted by atomic mass is 32.1. The number of hydrogen-bond acceptors (Lipinski definition) is 6. The summed E-state index contributed by atoms with van der Waals surface area (Å²) in [4.78, 5) is 37.6. The Labute approximate surface area is 168 Å². The molecule has 4 rings (SSSR count). The smallest absolute Gasteiger partial charge is 0.273 e. The van der Waals surface area contributed by atoms with Crippen molar-refractivity contribution in [2.24, 2.45) is 5.92 Å². The first-order valence-electron chi connectivity index (χ1n) is 9.58. The standard InChI is InChI=1S/C20H24N4O3S/c1-14-22-18(13-28-14)20(26)24-10-17(27-12-15-4-5-15)9-23(19(25)11-24)8-16-3-2-6-21-7-16/h2-3,6-7,13,15,17H,4-5,8-12H2,1H3/t17-/m0/s1. The van der Waals surface area contributed by atoms with E-state index >= 15 is 0 Å². The zero-order chi connectivity index (χ0) is 19.5. The number of ether oxygens (including phenoxy) is 1. The average Bonchev–Trinajstić information content (AvgIpc) is 3.45. The average molecular weight is 401 g/mol. The first-order valence-corrected chi connectivity index (χ1v) is 10.5. The SMILES string of the molecule is Cc1nc(C(=O)N2CC(=O)N(Cc3cccnc3)C[C@H](OCC3CC3)C2)cs1. The van der Waals surface area contributed by atoms with E-state index in [1.807, 2.05) is 19.1 Å². The van der Waals surface area contributed by atoms with Crippen molar-refractivity contribution < 1.29 is 14.3 Å². The lowest BCUT2D eigenvalue weighted by molar-refractivity contribution is -0.132. The van der Waals surface area contributed by atoms with E-state index in [4.69, 9.17) is 4.74 Å². The van der Waals surface area contributed by atoms with Gasteiger partial charge >= 0.3 is 0 Å². The van der Waals surface area contributed by atoms with Crippen LogP contribution < -0.4 is 0 Å². The Kier molecular flexibility index (Phi) is 5.68. The van der Waals surface area contributed by atoms with E-state index < -0.39 is 0 Å². The normalized spacial score (nSPS) is 20.3. The Morgan fingerprint density at radius 2 is 2.21 bits per heavy atom. The van der Waals surface area contributed by atoms with E-state index in [0.29, 0.717) is 37.9 Å². The molecule has 1 aliphatic heterocycles. The second-order valence-electron chi connectivity index (χ2n) is 7.47. The molecule has 3 heterocycles. The van der Waals surface area contributed by atoms with Crippen LogP contribution >= 0.6 is 11.3 Å². The predicted molar refractivity (Wildman–Crippen MR) is 105 cm³/mol. The summed E-state index contributed by atoms with van der Waals surface area (Å²) in [6, 6.07) is 3.81. The second-order valence-corrected chi connectivity index (χ2v) is 8.53. The molecule has 2 aromatic heterocycles. The van der Waals surface area contributed by atoms with Crippen LogP contribution in [-0.4, -0.2) is 63.9 Å². The minimum Gasteiger partial charge on any atom is -0.374 e. The number of amides is 2. The summed E-state index contributed by atoms with van der Waals surface area (Å²) in [7, 11) is 0. The summed E-state index contributed by atoms with van der Waals surface area (Å²) in [5.41, 5.74) is 1.36. The van der Waals surface area contributed by atoms with Gasteiger partial charge in [-0.25, -0.2) is 4.98 Å². The van der Waals surface area contributed by atoms with E-state index in [2.05, 4.69) is 9.97 Å². The van der Waals surface area contributed by atoms with Gasteiger partial charge in [-0.05, 0) is 37.3 Å². The van der Waals surface area contributed by atoms with Gasteiger partial charge in [-0.1, -0.05) is 6.07 Å². The maximum Gasteiger partial charge on any atom is 0.273 e. The van der Waals surface area contributed by atoms with Crippen molar-refractivity contribution in [3.05, 3.63) is 46.2 Å². The summed E-state index contributed by atoms with van der Waals surface area (Å²) in [5, 5.41) is 2.59. The van der Waals surface area contributed by atoms with Crippen LogP contribution in [-0.2, 0) is 16.1 Å². The first-order chi connectivity index (χ1) is 13.6. The minimum atomic E-state index is -0.207. The molecular weight excluding hydrogens is 376 g/mol. The fraction of sp³-hybridized carbons (Fsp3) is 0.500. The Morgan fingerprint density at radius 1 is 1.36 bits per heavy atom. The molecule has 1 aliphatic carbocycles. The Hall–Kier alpha value is -2.32. The van der Waals surface area contributed by atoms with E-state index in [0.717, 1.165) is 10.6 Å². The maximum absolute atomic E-state index is 12.9. The Morgan fingerprint density at radius 3 is 2.89 bits per heavy atom. The number of nitrogens with zero attached hydrogens (tertiary/aromatic N) is 4. The summed E-state index contributed by atoms with van der Waals surface area (Å²) < 4.78 is 6.10. The van der Waals surface area contributed by atoms with Gasteiger partial charge in [-0.3, -0.25) is 14.6 Å². The lowest BCUT2D eigenvalue weighted by atomic mass is 10.2. The lowest BCUT2D eigenvalue weighted by Crippen LogP contribution is -2.40. The number of carbonyl (C=O) groups excluding carboxylic acids is 2.